The van der Waals surface area contributed by atoms with E-state index >= 15 is 0 Å². The molecule has 1 heterocycles. The van der Waals surface area contributed by atoms with Crippen molar-refractivity contribution in [3.8, 4) is 0 Å². The molecule has 2 fully saturated rings. The molecule has 1 saturated carbocycles. The van der Waals surface area contributed by atoms with E-state index in [9.17, 15) is 18.4 Å². The van der Waals surface area contributed by atoms with Gasteiger partial charge >= 0.3 is 5.97 Å². The van der Waals surface area contributed by atoms with E-state index < -0.39 is 17.6 Å². The number of carbonyl (C=O) groups excluding carboxylic acids is 1. The van der Waals surface area contributed by atoms with E-state index in [4.69, 9.17) is 5.11 Å². The minimum Gasteiger partial charge on any atom is -0.481 e. The molecule has 1 aromatic rings. The first-order valence-electron chi connectivity index (χ1n) is 7.52. The van der Waals surface area contributed by atoms with Crippen molar-refractivity contribution in [1.29, 1.82) is 0 Å². The van der Waals surface area contributed by atoms with Crippen LogP contribution in [0, 0.1) is 17.6 Å². The number of carboxylic acids is 1. The van der Waals surface area contributed by atoms with Gasteiger partial charge in [0.05, 0.1) is 12.5 Å². The molecule has 3 atom stereocenters. The molecule has 1 aliphatic carbocycles. The van der Waals surface area contributed by atoms with Gasteiger partial charge in [-0.25, -0.2) is 8.78 Å². The second-order valence-electron chi connectivity index (χ2n) is 5.98. The van der Waals surface area contributed by atoms with Crippen molar-refractivity contribution >= 4 is 23.6 Å². The average molecular weight is 341 g/mol. The number of nitrogens with zero attached hydrogens (tertiary/aromatic N) is 1. The summed E-state index contributed by atoms with van der Waals surface area (Å²) in [5.74, 6) is -1.71. The van der Waals surface area contributed by atoms with Gasteiger partial charge < -0.3 is 10.0 Å². The summed E-state index contributed by atoms with van der Waals surface area (Å²) >= 11 is 1.65. The maximum absolute atomic E-state index is 13.3. The van der Waals surface area contributed by atoms with E-state index in [0.29, 0.717) is 24.3 Å². The topological polar surface area (TPSA) is 57.6 Å². The molecule has 0 bridgehead atoms. The lowest BCUT2D eigenvalue weighted by atomic mass is 10.1. The molecule has 23 heavy (non-hydrogen) atoms. The minimum absolute atomic E-state index is 0.0543. The Bertz CT molecular complexity index is 640. The Balaban J connectivity index is 1.68. The number of thioether (sulfide) groups is 1. The first-order valence-corrected chi connectivity index (χ1v) is 8.68. The van der Waals surface area contributed by atoms with Crippen molar-refractivity contribution in [2.75, 3.05) is 18.1 Å². The third-order valence-electron chi connectivity index (χ3n) is 4.40. The molecule has 1 amide bonds. The van der Waals surface area contributed by atoms with Gasteiger partial charge in [-0.2, -0.15) is 11.8 Å². The van der Waals surface area contributed by atoms with E-state index in [1.54, 1.807) is 16.7 Å². The van der Waals surface area contributed by atoms with Crippen LogP contribution in [0.15, 0.2) is 18.2 Å². The van der Waals surface area contributed by atoms with Gasteiger partial charge in [-0.3, -0.25) is 9.59 Å². The summed E-state index contributed by atoms with van der Waals surface area (Å²) in [7, 11) is 0. The highest BCUT2D eigenvalue weighted by atomic mass is 32.2. The fourth-order valence-corrected chi connectivity index (χ4v) is 4.17. The number of carboxylic acid groups (broad SMARTS) is 1. The lowest BCUT2D eigenvalue weighted by Gasteiger charge is -2.35. The van der Waals surface area contributed by atoms with Crippen LogP contribution < -0.4 is 0 Å². The number of hydrogen-bond acceptors (Lipinski definition) is 3. The molecule has 1 saturated heterocycles. The molecule has 0 radical (unpaired) electrons. The SMILES string of the molecule is O=C(O)CC1CSCCN1C(=O)C1CC1c1ccc(F)c(F)c1. The Labute approximate surface area is 136 Å². The number of hydrogen-bond donors (Lipinski definition) is 1. The van der Waals surface area contributed by atoms with Crippen LogP contribution in [0.3, 0.4) is 0 Å². The zero-order valence-electron chi connectivity index (χ0n) is 12.4. The second-order valence-corrected chi connectivity index (χ2v) is 7.13. The van der Waals surface area contributed by atoms with Gasteiger partial charge in [0.2, 0.25) is 5.91 Å². The number of rotatable bonds is 4. The van der Waals surface area contributed by atoms with E-state index in [0.717, 1.165) is 17.9 Å². The number of amides is 1. The third-order valence-corrected chi connectivity index (χ3v) is 5.49. The maximum atomic E-state index is 13.3. The highest BCUT2D eigenvalue weighted by molar-refractivity contribution is 7.99. The lowest BCUT2D eigenvalue weighted by Crippen LogP contribution is -2.47. The first-order chi connectivity index (χ1) is 11.0. The van der Waals surface area contributed by atoms with Gasteiger partial charge in [0, 0.05) is 24.0 Å². The predicted molar refractivity (Wildman–Crippen MR) is 82.3 cm³/mol. The van der Waals surface area contributed by atoms with Gasteiger partial charge in [-0.15, -0.1) is 0 Å². The van der Waals surface area contributed by atoms with Crippen molar-refractivity contribution < 1.29 is 23.5 Å². The molecule has 3 unspecified atom stereocenters. The first kappa shape index (κ1) is 16.2. The van der Waals surface area contributed by atoms with Crippen molar-refractivity contribution in [1.82, 2.24) is 4.90 Å². The molecule has 1 aliphatic heterocycles. The summed E-state index contributed by atoms with van der Waals surface area (Å²) in [5, 5.41) is 8.98. The van der Waals surface area contributed by atoms with E-state index in [1.807, 2.05) is 0 Å². The van der Waals surface area contributed by atoms with Crippen LogP contribution >= 0.6 is 11.8 Å². The largest absolute Gasteiger partial charge is 0.481 e. The summed E-state index contributed by atoms with van der Waals surface area (Å²) in [6.45, 7) is 0.544. The van der Waals surface area contributed by atoms with Crippen molar-refractivity contribution in [3.63, 3.8) is 0 Å². The van der Waals surface area contributed by atoms with Crippen LogP contribution in [0.1, 0.15) is 24.3 Å². The van der Waals surface area contributed by atoms with Crippen LogP contribution in [0.25, 0.3) is 0 Å². The molecule has 7 heteroatoms. The Morgan fingerprint density at radius 3 is 2.78 bits per heavy atom. The number of carbonyl (C=O) groups is 2. The summed E-state index contributed by atoms with van der Waals surface area (Å²) in [4.78, 5) is 25.3. The van der Waals surface area contributed by atoms with E-state index in [2.05, 4.69) is 0 Å². The molecule has 4 nitrogen and oxygen atoms in total. The van der Waals surface area contributed by atoms with Crippen LogP contribution in [0.4, 0.5) is 8.78 Å². The van der Waals surface area contributed by atoms with Crippen LogP contribution in [0.5, 0.6) is 0 Å². The molecule has 1 N–H and O–H groups in total. The van der Waals surface area contributed by atoms with Crippen LogP contribution in [0.2, 0.25) is 0 Å². The molecule has 3 rings (SSSR count). The summed E-state index contributed by atoms with van der Waals surface area (Å²) < 4.78 is 26.3. The smallest absolute Gasteiger partial charge is 0.305 e. The quantitative estimate of drug-likeness (QED) is 0.914. The molecule has 2 aliphatic rings. The Morgan fingerprint density at radius 2 is 2.09 bits per heavy atom. The molecular formula is C16H17F2NO3S. The summed E-state index contributed by atoms with van der Waals surface area (Å²) in [5.41, 5.74) is 0.628. The second kappa shape index (κ2) is 6.47. The van der Waals surface area contributed by atoms with E-state index in [1.165, 1.54) is 6.07 Å². The highest BCUT2D eigenvalue weighted by Crippen LogP contribution is 2.49. The molecule has 124 valence electrons. The molecule has 0 aromatic heterocycles. The van der Waals surface area contributed by atoms with Gasteiger partial charge in [-0.05, 0) is 30.0 Å². The number of halogens is 2. The normalized spacial score (nSPS) is 26.9. The lowest BCUT2D eigenvalue weighted by molar-refractivity contribution is -0.140. The van der Waals surface area contributed by atoms with Crippen molar-refractivity contribution in [2.45, 2.75) is 24.8 Å². The molecule has 1 aromatic carbocycles. The standard InChI is InChI=1S/C16H17F2NO3S/c17-13-2-1-9(5-14(13)18)11-7-12(11)16(22)19-3-4-23-8-10(19)6-15(20)21/h1-2,5,10-12H,3-4,6-8H2,(H,20,21). The zero-order valence-corrected chi connectivity index (χ0v) is 13.2. The van der Waals surface area contributed by atoms with Crippen LogP contribution in [-0.2, 0) is 9.59 Å². The van der Waals surface area contributed by atoms with Crippen LogP contribution in [-0.4, -0.2) is 46.0 Å². The van der Waals surface area contributed by atoms with Gasteiger partial charge in [-0.1, -0.05) is 6.07 Å². The summed E-state index contributed by atoms with van der Waals surface area (Å²) in [6.07, 6.45) is 0.550. The average Bonchev–Trinajstić information content (AvgIpc) is 3.30. The van der Waals surface area contributed by atoms with Gasteiger partial charge in [0.15, 0.2) is 11.6 Å². The van der Waals surface area contributed by atoms with Gasteiger partial charge in [0.25, 0.3) is 0 Å². The Kier molecular flexibility index (Phi) is 4.57. The third kappa shape index (κ3) is 3.49. The monoisotopic (exact) mass is 341 g/mol. The highest BCUT2D eigenvalue weighted by Gasteiger charge is 2.47. The molecular weight excluding hydrogens is 324 g/mol. The predicted octanol–water partition coefficient (Wildman–Crippen LogP) is 2.49. The number of aliphatic carboxylic acids is 1. The van der Waals surface area contributed by atoms with Crippen molar-refractivity contribution in [3.05, 3.63) is 35.4 Å². The minimum atomic E-state index is -0.914. The van der Waals surface area contributed by atoms with Gasteiger partial charge in [0.1, 0.15) is 0 Å². The fourth-order valence-electron chi connectivity index (χ4n) is 3.11. The Morgan fingerprint density at radius 1 is 1.30 bits per heavy atom. The van der Waals surface area contributed by atoms with E-state index in [-0.39, 0.29) is 30.2 Å². The fraction of sp³-hybridized carbons (Fsp3) is 0.500. The summed E-state index contributed by atoms with van der Waals surface area (Å²) in [6, 6.07) is 3.45. The maximum Gasteiger partial charge on any atom is 0.305 e. The molecule has 0 spiro atoms. The number of benzene rings is 1. The zero-order chi connectivity index (χ0) is 16.6. The Hall–Kier alpha value is -1.63. The van der Waals surface area contributed by atoms with Crippen molar-refractivity contribution in [2.24, 2.45) is 5.92 Å².